The molecule has 30 heavy (non-hydrogen) atoms. The van der Waals surface area contributed by atoms with Gasteiger partial charge in [0.15, 0.2) is 0 Å². The van der Waals surface area contributed by atoms with Gasteiger partial charge < -0.3 is 14.9 Å². The summed E-state index contributed by atoms with van der Waals surface area (Å²) in [5.74, 6) is 0.519. The van der Waals surface area contributed by atoms with E-state index in [1.54, 1.807) is 6.07 Å². The second kappa shape index (κ2) is 7.02. The molecule has 0 unspecified atom stereocenters. The lowest BCUT2D eigenvalue weighted by molar-refractivity contribution is 0.0950. The highest BCUT2D eigenvalue weighted by Gasteiger charge is 2.19. The third-order valence-corrected chi connectivity index (χ3v) is 5.65. The fourth-order valence-corrected chi connectivity index (χ4v) is 3.98. The van der Waals surface area contributed by atoms with Crippen LogP contribution in [0.3, 0.4) is 0 Å². The molecule has 2 amide bonds. The maximum absolute atomic E-state index is 12.9. The molecule has 0 saturated heterocycles. The first kappa shape index (κ1) is 18.4. The van der Waals surface area contributed by atoms with Crippen LogP contribution in [-0.2, 0) is 6.54 Å². The van der Waals surface area contributed by atoms with E-state index in [1.807, 2.05) is 34.9 Å². The minimum atomic E-state index is -0.242. The summed E-state index contributed by atoms with van der Waals surface area (Å²) in [7, 11) is 0. The average Bonchev–Trinajstić information content (AvgIpc) is 3.25. The van der Waals surface area contributed by atoms with Crippen molar-refractivity contribution in [2.45, 2.75) is 32.7 Å². The van der Waals surface area contributed by atoms with Crippen molar-refractivity contribution in [3.05, 3.63) is 59.3 Å². The lowest BCUT2D eigenvalue weighted by Gasteiger charge is -2.06. The molecule has 2 aromatic heterocycles. The number of aromatic nitrogens is 3. The van der Waals surface area contributed by atoms with Gasteiger partial charge in [0.25, 0.3) is 11.8 Å². The van der Waals surface area contributed by atoms with Crippen molar-refractivity contribution in [1.82, 2.24) is 19.9 Å². The lowest BCUT2D eigenvalue weighted by atomic mass is 10.0. The number of carbonyl (C=O) groups is 2. The predicted octanol–water partition coefficient (Wildman–Crippen LogP) is 4.03. The molecule has 152 valence electrons. The SMILES string of the molecule is CC(C)c1ccc2[nH]c(NC(=O)c3ccc4cc5n(c4c3)CCCNC5=O)nc2c1. The molecule has 0 spiro atoms. The smallest absolute Gasteiger partial charge is 0.267 e. The summed E-state index contributed by atoms with van der Waals surface area (Å²) in [6.45, 7) is 5.67. The van der Waals surface area contributed by atoms with Gasteiger partial charge in [-0.25, -0.2) is 4.98 Å². The quantitative estimate of drug-likeness (QED) is 0.484. The summed E-state index contributed by atoms with van der Waals surface area (Å²) < 4.78 is 1.99. The van der Waals surface area contributed by atoms with Crippen LogP contribution in [0, 0.1) is 0 Å². The number of anilines is 1. The van der Waals surface area contributed by atoms with E-state index >= 15 is 0 Å². The standard InChI is InChI=1S/C23H23N5O2/c1-13(2)14-6-7-17-18(10-14)26-23(25-17)27-21(29)16-5-4-15-11-20-22(30)24-8-3-9-28(20)19(15)12-16/h4-7,10-13H,3,8-9H2,1-2H3,(H,24,30)(H2,25,26,27,29). The number of nitrogens with one attached hydrogen (secondary N) is 3. The van der Waals surface area contributed by atoms with Crippen LogP contribution < -0.4 is 10.6 Å². The molecule has 7 heteroatoms. The number of amides is 2. The number of benzene rings is 2. The van der Waals surface area contributed by atoms with Gasteiger partial charge in [-0.1, -0.05) is 26.0 Å². The Balaban J connectivity index is 1.45. The summed E-state index contributed by atoms with van der Waals surface area (Å²) in [6, 6.07) is 13.5. The molecule has 4 aromatic rings. The summed E-state index contributed by atoms with van der Waals surface area (Å²) >= 11 is 0. The molecule has 0 atom stereocenters. The molecular formula is C23H23N5O2. The third-order valence-electron chi connectivity index (χ3n) is 5.65. The van der Waals surface area contributed by atoms with E-state index in [1.165, 1.54) is 5.56 Å². The number of fused-ring (bicyclic) bond motifs is 4. The first-order chi connectivity index (χ1) is 14.5. The maximum Gasteiger partial charge on any atom is 0.267 e. The Morgan fingerprint density at radius 3 is 2.87 bits per heavy atom. The highest BCUT2D eigenvalue weighted by Crippen LogP contribution is 2.24. The van der Waals surface area contributed by atoms with Crippen LogP contribution in [0.5, 0.6) is 0 Å². The zero-order valence-corrected chi connectivity index (χ0v) is 17.0. The normalized spacial score (nSPS) is 14.0. The zero-order valence-electron chi connectivity index (χ0n) is 17.0. The largest absolute Gasteiger partial charge is 0.351 e. The molecule has 3 heterocycles. The predicted molar refractivity (Wildman–Crippen MR) is 117 cm³/mol. The Labute approximate surface area is 173 Å². The molecule has 1 aliphatic rings. The van der Waals surface area contributed by atoms with Gasteiger partial charge in [0.1, 0.15) is 5.69 Å². The number of hydrogen-bond acceptors (Lipinski definition) is 3. The Kier molecular flexibility index (Phi) is 4.31. The summed E-state index contributed by atoms with van der Waals surface area (Å²) in [5.41, 5.74) is 4.97. The highest BCUT2D eigenvalue weighted by atomic mass is 16.2. The number of H-pyrrole nitrogens is 1. The minimum absolute atomic E-state index is 0.0715. The Hall–Kier alpha value is -3.61. The van der Waals surface area contributed by atoms with Crippen molar-refractivity contribution in [3.8, 4) is 0 Å². The number of rotatable bonds is 3. The van der Waals surface area contributed by atoms with Gasteiger partial charge in [-0.05, 0) is 48.2 Å². The van der Waals surface area contributed by atoms with Gasteiger partial charge in [-0.15, -0.1) is 0 Å². The number of hydrogen-bond donors (Lipinski definition) is 3. The Morgan fingerprint density at radius 1 is 1.17 bits per heavy atom. The molecule has 0 saturated carbocycles. The fraction of sp³-hybridized carbons (Fsp3) is 0.261. The first-order valence-corrected chi connectivity index (χ1v) is 10.2. The van der Waals surface area contributed by atoms with Crippen molar-refractivity contribution < 1.29 is 9.59 Å². The Bertz CT molecular complexity index is 1300. The van der Waals surface area contributed by atoms with Gasteiger partial charge in [0, 0.05) is 29.6 Å². The summed E-state index contributed by atoms with van der Waals surface area (Å²) in [4.78, 5) is 32.8. The van der Waals surface area contributed by atoms with Crippen molar-refractivity contribution >= 4 is 39.7 Å². The van der Waals surface area contributed by atoms with E-state index < -0.39 is 0 Å². The van der Waals surface area contributed by atoms with E-state index in [4.69, 9.17) is 0 Å². The summed E-state index contributed by atoms with van der Waals surface area (Å²) in [6.07, 6.45) is 0.857. The van der Waals surface area contributed by atoms with Crippen LogP contribution in [0.15, 0.2) is 42.5 Å². The molecule has 7 nitrogen and oxygen atoms in total. The fourth-order valence-electron chi connectivity index (χ4n) is 3.98. The van der Waals surface area contributed by atoms with Crippen LogP contribution in [0.4, 0.5) is 5.95 Å². The number of nitrogens with zero attached hydrogens (tertiary/aromatic N) is 2. The van der Waals surface area contributed by atoms with Gasteiger partial charge in [-0.2, -0.15) is 0 Å². The van der Waals surface area contributed by atoms with Crippen molar-refractivity contribution in [3.63, 3.8) is 0 Å². The molecular weight excluding hydrogens is 378 g/mol. The zero-order chi connectivity index (χ0) is 20.8. The summed E-state index contributed by atoms with van der Waals surface area (Å²) in [5, 5.41) is 6.71. The first-order valence-electron chi connectivity index (χ1n) is 10.2. The van der Waals surface area contributed by atoms with Crippen LogP contribution >= 0.6 is 0 Å². The number of imidazole rings is 1. The Morgan fingerprint density at radius 2 is 2.03 bits per heavy atom. The second-order valence-electron chi connectivity index (χ2n) is 8.04. The van der Waals surface area contributed by atoms with Crippen molar-refractivity contribution in [1.29, 1.82) is 0 Å². The van der Waals surface area contributed by atoms with Crippen LogP contribution in [0.2, 0.25) is 0 Å². The molecule has 3 N–H and O–H groups in total. The topological polar surface area (TPSA) is 91.8 Å². The lowest BCUT2D eigenvalue weighted by Crippen LogP contribution is -2.22. The molecule has 0 radical (unpaired) electrons. The van der Waals surface area contributed by atoms with Gasteiger partial charge in [0.2, 0.25) is 5.95 Å². The minimum Gasteiger partial charge on any atom is -0.351 e. The number of aromatic amines is 1. The van der Waals surface area contributed by atoms with E-state index in [9.17, 15) is 9.59 Å². The molecule has 5 rings (SSSR count). The van der Waals surface area contributed by atoms with E-state index in [-0.39, 0.29) is 11.8 Å². The third kappa shape index (κ3) is 3.12. The number of aryl methyl sites for hydroxylation is 1. The monoisotopic (exact) mass is 401 g/mol. The van der Waals surface area contributed by atoms with Crippen LogP contribution in [0.1, 0.15) is 52.6 Å². The maximum atomic E-state index is 12.9. The van der Waals surface area contributed by atoms with E-state index in [2.05, 4.69) is 40.5 Å². The van der Waals surface area contributed by atoms with Crippen LogP contribution in [-0.4, -0.2) is 32.9 Å². The van der Waals surface area contributed by atoms with Crippen molar-refractivity contribution in [2.24, 2.45) is 0 Å². The van der Waals surface area contributed by atoms with E-state index in [0.717, 1.165) is 34.9 Å². The van der Waals surface area contributed by atoms with Gasteiger partial charge in [0.05, 0.1) is 11.0 Å². The second-order valence-corrected chi connectivity index (χ2v) is 8.04. The average molecular weight is 401 g/mol. The van der Waals surface area contributed by atoms with Gasteiger partial charge in [-0.3, -0.25) is 14.9 Å². The molecule has 0 fully saturated rings. The molecule has 1 aliphatic heterocycles. The molecule has 0 aliphatic carbocycles. The molecule has 2 aromatic carbocycles. The highest BCUT2D eigenvalue weighted by molar-refractivity contribution is 6.07. The van der Waals surface area contributed by atoms with Crippen molar-refractivity contribution in [2.75, 3.05) is 11.9 Å². The van der Waals surface area contributed by atoms with Crippen LogP contribution in [0.25, 0.3) is 21.9 Å². The molecule has 0 bridgehead atoms. The number of carbonyl (C=O) groups excluding carboxylic acids is 2. The van der Waals surface area contributed by atoms with Gasteiger partial charge >= 0.3 is 0 Å². The van der Waals surface area contributed by atoms with E-state index in [0.29, 0.717) is 29.7 Å².